The van der Waals surface area contributed by atoms with Crippen molar-refractivity contribution in [3.63, 3.8) is 0 Å². The SMILES string of the molecule is CCS(=O)(=O)Nc1ccc(C(=O)N2CCCCC2COC)cc1. The molecule has 1 aromatic rings. The predicted octanol–water partition coefficient (Wildman–Crippen LogP) is 2.09. The predicted molar refractivity (Wildman–Crippen MR) is 90.1 cm³/mol. The molecule has 1 unspecified atom stereocenters. The Labute approximate surface area is 137 Å². The largest absolute Gasteiger partial charge is 0.383 e. The van der Waals surface area contributed by atoms with Crippen molar-refractivity contribution in [2.45, 2.75) is 32.2 Å². The molecule has 0 spiro atoms. The van der Waals surface area contributed by atoms with Crippen LogP contribution in [0, 0.1) is 0 Å². The average Bonchev–Trinajstić information content (AvgIpc) is 2.55. The molecule has 0 radical (unpaired) electrons. The first-order valence-electron chi connectivity index (χ1n) is 7.87. The van der Waals surface area contributed by atoms with Crippen molar-refractivity contribution in [3.8, 4) is 0 Å². The molecule has 1 aromatic carbocycles. The summed E-state index contributed by atoms with van der Waals surface area (Å²) in [6.07, 6.45) is 3.06. The summed E-state index contributed by atoms with van der Waals surface area (Å²) in [6.45, 7) is 2.85. The summed E-state index contributed by atoms with van der Waals surface area (Å²) in [5, 5.41) is 0. The Bertz CT molecular complexity index is 626. The molecule has 1 amide bonds. The van der Waals surface area contributed by atoms with Gasteiger partial charge in [0.1, 0.15) is 0 Å². The van der Waals surface area contributed by atoms with Crippen LogP contribution in [0.4, 0.5) is 5.69 Å². The van der Waals surface area contributed by atoms with Crippen molar-refractivity contribution in [1.29, 1.82) is 0 Å². The summed E-state index contributed by atoms with van der Waals surface area (Å²) in [7, 11) is -1.66. The number of carbonyl (C=O) groups excluding carboxylic acids is 1. The zero-order valence-electron chi connectivity index (χ0n) is 13.6. The van der Waals surface area contributed by atoms with Crippen LogP contribution >= 0.6 is 0 Å². The Morgan fingerprint density at radius 2 is 2.00 bits per heavy atom. The van der Waals surface area contributed by atoms with E-state index in [9.17, 15) is 13.2 Å². The number of benzene rings is 1. The van der Waals surface area contributed by atoms with E-state index in [1.807, 2.05) is 4.90 Å². The van der Waals surface area contributed by atoms with Crippen molar-refractivity contribution in [2.75, 3.05) is 30.7 Å². The molecule has 0 aliphatic carbocycles. The first-order valence-corrected chi connectivity index (χ1v) is 9.52. The van der Waals surface area contributed by atoms with Crippen molar-refractivity contribution < 1.29 is 17.9 Å². The molecular weight excluding hydrogens is 316 g/mol. The van der Waals surface area contributed by atoms with Crippen LogP contribution in [0.5, 0.6) is 0 Å². The molecular formula is C16H24N2O4S. The van der Waals surface area contributed by atoms with Crippen molar-refractivity contribution >= 4 is 21.6 Å². The molecule has 1 saturated heterocycles. The van der Waals surface area contributed by atoms with Gasteiger partial charge in [-0.25, -0.2) is 8.42 Å². The first kappa shape index (κ1) is 17.7. The van der Waals surface area contributed by atoms with Crippen LogP contribution in [-0.2, 0) is 14.8 Å². The highest BCUT2D eigenvalue weighted by Gasteiger charge is 2.27. The number of nitrogens with zero attached hydrogens (tertiary/aromatic N) is 1. The number of nitrogens with one attached hydrogen (secondary N) is 1. The summed E-state index contributed by atoms with van der Waals surface area (Å²) in [5.74, 6) is -0.0168. The quantitative estimate of drug-likeness (QED) is 0.860. The summed E-state index contributed by atoms with van der Waals surface area (Å²) in [6, 6.07) is 6.67. The van der Waals surface area contributed by atoms with E-state index in [1.54, 1.807) is 38.3 Å². The number of anilines is 1. The van der Waals surface area contributed by atoms with E-state index >= 15 is 0 Å². The molecule has 7 heteroatoms. The fourth-order valence-corrected chi connectivity index (χ4v) is 3.37. The minimum Gasteiger partial charge on any atom is -0.383 e. The molecule has 2 rings (SSSR count). The van der Waals surface area contributed by atoms with Crippen molar-refractivity contribution in [1.82, 2.24) is 4.90 Å². The Hall–Kier alpha value is -1.60. The molecule has 1 atom stereocenters. The second kappa shape index (κ2) is 7.79. The number of likely N-dealkylation sites (tertiary alicyclic amines) is 1. The average molecular weight is 340 g/mol. The topological polar surface area (TPSA) is 75.7 Å². The van der Waals surface area contributed by atoms with Gasteiger partial charge in [0.25, 0.3) is 5.91 Å². The van der Waals surface area contributed by atoms with E-state index in [0.717, 1.165) is 25.8 Å². The van der Waals surface area contributed by atoms with E-state index in [0.29, 0.717) is 17.9 Å². The van der Waals surface area contributed by atoms with Gasteiger partial charge in [0, 0.05) is 24.9 Å². The number of methoxy groups -OCH3 is 1. The maximum atomic E-state index is 12.7. The Balaban J connectivity index is 2.10. The minimum absolute atomic E-state index is 0.0140. The number of sulfonamides is 1. The highest BCUT2D eigenvalue weighted by Crippen LogP contribution is 2.21. The fraction of sp³-hybridized carbons (Fsp3) is 0.562. The van der Waals surface area contributed by atoms with E-state index in [1.165, 1.54) is 0 Å². The van der Waals surface area contributed by atoms with E-state index in [4.69, 9.17) is 4.74 Å². The van der Waals surface area contributed by atoms with Crippen LogP contribution in [0.3, 0.4) is 0 Å². The standard InChI is InChI=1S/C16H24N2O4S/c1-3-23(20,21)17-14-9-7-13(8-10-14)16(19)18-11-5-4-6-15(18)12-22-2/h7-10,15,17H,3-6,11-12H2,1-2H3. The van der Waals surface area contributed by atoms with Gasteiger partial charge in [-0.2, -0.15) is 0 Å². The smallest absolute Gasteiger partial charge is 0.254 e. The molecule has 23 heavy (non-hydrogen) atoms. The maximum Gasteiger partial charge on any atom is 0.254 e. The molecule has 128 valence electrons. The van der Waals surface area contributed by atoms with Gasteiger partial charge in [-0.3, -0.25) is 9.52 Å². The zero-order chi connectivity index (χ0) is 16.9. The van der Waals surface area contributed by atoms with Gasteiger partial charge in [-0.1, -0.05) is 0 Å². The zero-order valence-corrected chi connectivity index (χ0v) is 14.4. The Morgan fingerprint density at radius 3 is 2.61 bits per heavy atom. The van der Waals surface area contributed by atoms with Gasteiger partial charge >= 0.3 is 0 Å². The van der Waals surface area contributed by atoms with Crippen LogP contribution in [-0.4, -0.2) is 51.3 Å². The van der Waals surface area contributed by atoms with Gasteiger partial charge < -0.3 is 9.64 Å². The lowest BCUT2D eigenvalue weighted by molar-refractivity contribution is 0.0428. The lowest BCUT2D eigenvalue weighted by Gasteiger charge is -2.35. The van der Waals surface area contributed by atoms with E-state index in [2.05, 4.69) is 4.72 Å². The molecule has 1 heterocycles. The molecule has 1 N–H and O–H groups in total. The third-order valence-corrected chi connectivity index (χ3v) is 5.34. The number of hydrogen-bond acceptors (Lipinski definition) is 4. The summed E-state index contributed by atoms with van der Waals surface area (Å²) in [4.78, 5) is 14.5. The van der Waals surface area contributed by atoms with Gasteiger partial charge in [-0.05, 0) is 50.5 Å². The molecule has 0 saturated carbocycles. The first-order chi connectivity index (χ1) is 11.0. The number of ether oxygens (including phenoxy) is 1. The summed E-state index contributed by atoms with van der Waals surface area (Å²) in [5.41, 5.74) is 1.03. The number of carbonyl (C=O) groups is 1. The molecule has 0 bridgehead atoms. The molecule has 1 fully saturated rings. The Morgan fingerprint density at radius 1 is 1.30 bits per heavy atom. The summed E-state index contributed by atoms with van der Waals surface area (Å²) < 4.78 is 30.8. The Kier molecular flexibility index (Phi) is 6.01. The second-order valence-corrected chi connectivity index (χ2v) is 7.70. The van der Waals surface area contributed by atoms with Crippen LogP contribution < -0.4 is 4.72 Å². The summed E-state index contributed by atoms with van der Waals surface area (Å²) >= 11 is 0. The van der Waals surface area contributed by atoms with Crippen molar-refractivity contribution in [2.24, 2.45) is 0 Å². The highest BCUT2D eigenvalue weighted by molar-refractivity contribution is 7.92. The number of amides is 1. The third kappa shape index (κ3) is 4.68. The maximum absolute atomic E-state index is 12.7. The van der Waals surface area contributed by atoms with Gasteiger partial charge in [-0.15, -0.1) is 0 Å². The lowest BCUT2D eigenvalue weighted by atomic mass is 10.0. The fourth-order valence-electron chi connectivity index (χ4n) is 2.73. The number of hydrogen-bond donors (Lipinski definition) is 1. The van der Waals surface area contributed by atoms with E-state index < -0.39 is 10.0 Å². The molecule has 6 nitrogen and oxygen atoms in total. The van der Waals surface area contributed by atoms with Gasteiger partial charge in [0.2, 0.25) is 10.0 Å². The van der Waals surface area contributed by atoms with E-state index in [-0.39, 0.29) is 17.7 Å². The van der Waals surface area contributed by atoms with Crippen LogP contribution in [0.25, 0.3) is 0 Å². The minimum atomic E-state index is -3.30. The normalized spacial score (nSPS) is 18.7. The molecule has 1 aliphatic rings. The molecule has 1 aliphatic heterocycles. The van der Waals surface area contributed by atoms with Crippen LogP contribution in [0.1, 0.15) is 36.5 Å². The van der Waals surface area contributed by atoms with Gasteiger partial charge in [0.05, 0.1) is 18.4 Å². The number of rotatable bonds is 6. The van der Waals surface area contributed by atoms with Crippen LogP contribution in [0.15, 0.2) is 24.3 Å². The van der Waals surface area contributed by atoms with Crippen molar-refractivity contribution in [3.05, 3.63) is 29.8 Å². The van der Waals surface area contributed by atoms with Crippen LogP contribution in [0.2, 0.25) is 0 Å². The second-order valence-electron chi connectivity index (χ2n) is 5.69. The number of piperidine rings is 1. The van der Waals surface area contributed by atoms with Gasteiger partial charge in [0.15, 0.2) is 0 Å². The third-order valence-electron chi connectivity index (χ3n) is 4.03. The lowest BCUT2D eigenvalue weighted by Crippen LogP contribution is -2.46. The monoisotopic (exact) mass is 340 g/mol. The highest BCUT2D eigenvalue weighted by atomic mass is 32.2. The molecule has 0 aromatic heterocycles.